The largest absolute Gasteiger partial charge is 0.277 e. The molecule has 0 N–H and O–H groups in total. The number of nitrogens with zero attached hydrogens (tertiary/aromatic N) is 4. The fourth-order valence-electron chi connectivity index (χ4n) is 3.04. The van der Waals surface area contributed by atoms with Gasteiger partial charge in [-0.15, -0.1) is 21.5 Å². The molecule has 98 valence electrons. The Hall–Kier alpha value is -1.69. The van der Waals surface area contributed by atoms with Crippen LogP contribution in [0.2, 0.25) is 0 Å². The number of thiophene rings is 1. The summed E-state index contributed by atoms with van der Waals surface area (Å²) in [5.41, 5.74) is 1.36. The maximum absolute atomic E-state index is 12.7. The Morgan fingerprint density at radius 2 is 2.16 bits per heavy atom. The Kier molecular flexibility index (Phi) is 2.15. The van der Waals surface area contributed by atoms with E-state index in [1.807, 2.05) is 18.2 Å². The lowest BCUT2D eigenvalue weighted by atomic mass is 10.2. The van der Waals surface area contributed by atoms with Gasteiger partial charge in [0.15, 0.2) is 0 Å². The van der Waals surface area contributed by atoms with Crippen LogP contribution in [0.3, 0.4) is 0 Å². The molecule has 3 heterocycles. The van der Waals surface area contributed by atoms with Crippen LogP contribution in [-0.4, -0.2) is 19.2 Å². The zero-order valence-corrected chi connectivity index (χ0v) is 11.8. The lowest BCUT2D eigenvalue weighted by Gasteiger charge is -2.06. The SMILES string of the molecule is CCn1c(=O)c2c3c(sc2n2c(C)nnc12)CCC3. The molecule has 0 unspecified atom stereocenters. The quantitative estimate of drug-likeness (QED) is 0.681. The van der Waals surface area contributed by atoms with E-state index in [9.17, 15) is 4.79 Å². The highest BCUT2D eigenvalue weighted by atomic mass is 32.1. The molecule has 4 rings (SSSR count). The predicted molar refractivity (Wildman–Crippen MR) is 75.1 cm³/mol. The Bertz CT molecular complexity index is 870. The summed E-state index contributed by atoms with van der Waals surface area (Å²) in [5.74, 6) is 1.51. The highest BCUT2D eigenvalue weighted by Gasteiger charge is 2.24. The van der Waals surface area contributed by atoms with Gasteiger partial charge in [0.2, 0.25) is 5.78 Å². The van der Waals surface area contributed by atoms with Crippen LogP contribution >= 0.6 is 11.3 Å². The summed E-state index contributed by atoms with van der Waals surface area (Å²) in [6.45, 7) is 4.54. The topological polar surface area (TPSA) is 52.2 Å². The first-order valence-electron chi connectivity index (χ1n) is 6.61. The minimum Gasteiger partial charge on any atom is -0.277 e. The first-order valence-corrected chi connectivity index (χ1v) is 7.42. The van der Waals surface area contributed by atoms with Gasteiger partial charge in [0.1, 0.15) is 10.7 Å². The Labute approximate surface area is 113 Å². The summed E-state index contributed by atoms with van der Waals surface area (Å²) in [5, 5.41) is 9.20. The molecule has 3 aromatic rings. The van der Waals surface area contributed by atoms with Crippen LogP contribution in [0.4, 0.5) is 0 Å². The van der Waals surface area contributed by atoms with Crippen molar-refractivity contribution in [3.05, 3.63) is 26.6 Å². The summed E-state index contributed by atoms with van der Waals surface area (Å²) in [6.07, 6.45) is 3.30. The maximum atomic E-state index is 12.7. The van der Waals surface area contributed by atoms with Crippen molar-refractivity contribution in [3.63, 3.8) is 0 Å². The standard InChI is InChI=1S/C13H14N4OS/c1-3-16-11(18)10-8-5-4-6-9(8)19-12(10)17-7(2)14-15-13(16)17/h3-6H2,1-2H3. The van der Waals surface area contributed by atoms with Crippen LogP contribution in [-0.2, 0) is 19.4 Å². The minimum atomic E-state index is 0.0943. The first kappa shape index (κ1) is 11.2. The summed E-state index contributed by atoms with van der Waals surface area (Å²) >= 11 is 1.74. The molecule has 0 radical (unpaired) electrons. The molecule has 0 amide bonds. The first-order chi connectivity index (χ1) is 9.22. The summed E-state index contributed by atoms with van der Waals surface area (Å²) < 4.78 is 3.76. The molecule has 0 fully saturated rings. The molecular weight excluding hydrogens is 260 g/mol. The van der Waals surface area contributed by atoms with Crippen molar-refractivity contribution in [1.29, 1.82) is 0 Å². The van der Waals surface area contributed by atoms with Crippen molar-refractivity contribution in [2.24, 2.45) is 0 Å². The molecule has 3 aromatic heterocycles. The van der Waals surface area contributed by atoms with E-state index in [2.05, 4.69) is 10.2 Å². The smallest absolute Gasteiger partial charge is 0.263 e. The normalized spacial score (nSPS) is 14.6. The Morgan fingerprint density at radius 1 is 1.32 bits per heavy atom. The molecule has 1 aliphatic rings. The lowest BCUT2D eigenvalue weighted by molar-refractivity contribution is 0.735. The van der Waals surface area contributed by atoms with E-state index in [4.69, 9.17) is 0 Å². The zero-order valence-electron chi connectivity index (χ0n) is 10.9. The number of hydrogen-bond donors (Lipinski definition) is 0. The second-order valence-corrected chi connectivity index (χ2v) is 6.05. The van der Waals surface area contributed by atoms with E-state index in [0.717, 1.165) is 28.9 Å². The van der Waals surface area contributed by atoms with Crippen LogP contribution in [0.15, 0.2) is 4.79 Å². The number of fused-ring (bicyclic) bond motifs is 5. The van der Waals surface area contributed by atoms with Gasteiger partial charge in [-0.3, -0.25) is 13.8 Å². The summed E-state index contributed by atoms with van der Waals surface area (Å²) in [4.78, 5) is 15.1. The number of aryl methyl sites for hydroxylation is 4. The van der Waals surface area contributed by atoms with Gasteiger partial charge in [0, 0.05) is 11.4 Å². The van der Waals surface area contributed by atoms with E-state index in [0.29, 0.717) is 12.3 Å². The maximum Gasteiger partial charge on any atom is 0.263 e. The average molecular weight is 274 g/mol. The molecule has 0 bridgehead atoms. The third kappa shape index (κ3) is 1.27. The predicted octanol–water partition coefficient (Wildman–Crippen LogP) is 1.92. The van der Waals surface area contributed by atoms with Gasteiger partial charge < -0.3 is 0 Å². The molecule has 0 aromatic carbocycles. The molecule has 0 atom stereocenters. The van der Waals surface area contributed by atoms with Crippen molar-refractivity contribution in [2.75, 3.05) is 0 Å². The fourth-order valence-corrected chi connectivity index (χ4v) is 4.47. The molecule has 19 heavy (non-hydrogen) atoms. The minimum absolute atomic E-state index is 0.0943. The molecule has 0 saturated heterocycles. The summed E-state index contributed by atoms with van der Waals surface area (Å²) in [7, 11) is 0. The van der Waals surface area contributed by atoms with Crippen LogP contribution in [0, 0.1) is 6.92 Å². The third-order valence-corrected chi connectivity index (χ3v) is 5.21. The van der Waals surface area contributed by atoms with Gasteiger partial charge in [0.25, 0.3) is 5.56 Å². The lowest BCUT2D eigenvalue weighted by Crippen LogP contribution is -2.22. The van der Waals surface area contributed by atoms with Crippen LogP contribution in [0.25, 0.3) is 16.0 Å². The monoisotopic (exact) mass is 274 g/mol. The van der Waals surface area contributed by atoms with Crippen molar-refractivity contribution in [2.45, 2.75) is 39.7 Å². The highest BCUT2D eigenvalue weighted by molar-refractivity contribution is 7.19. The van der Waals surface area contributed by atoms with Gasteiger partial charge in [-0.05, 0) is 38.7 Å². The van der Waals surface area contributed by atoms with Crippen LogP contribution < -0.4 is 5.56 Å². The molecule has 0 spiro atoms. The second-order valence-electron chi connectivity index (χ2n) is 4.97. The summed E-state index contributed by atoms with van der Waals surface area (Å²) in [6, 6.07) is 0. The fraction of sp³-hybridized carbons (Fsp3) is 0.462. The van der Waals surface area contributed by atoms with Crippen molar-refractivity contribution in [1.82, 2.24) is 19.2 Å². The van der Waals surface area contributed by atoms with Gasteiger partial charge in [-0.25, -0.2) is 0 Å². The van der Waals surface area contributed by atoms with E-state index in [1.54, 1.807) is 15.9 Å². The van der Waals surface area contributed by atoms with Gasteiger partial charge >= 0.3 is 0 Å². The van der Waals surface area contributed by atoms with E-state index >= 15 is 0 Å². The molecule has 0 aliphatic heterocycles. The molecular formula is C13H14N4OS. The van der Waals surface area contributed by atoms with Crippen molar-refractivity contribution < 1.29 is 0 Å². The van der Waals surface area contributed by atoms with E-state index < -0.39 is 0 Å². The highest BCUT2D eigenvalue weighted by Crippen LogP contribution is 2.36. The number of aromatic nitrogens is 4. The molecule has 1 aliphatic carbocycles. The average Bonchev–Trinajstić information content (AvgIpc) is 3.03. The van der Waals surface area contributed by atoms with E-state index in [-0.39, 0.29) is 5.56 Å². The zero-order chi connectivity index (χ0) is 13.1. The number of hydrogen-bond acceptors (Lipinski definition) is 4. The molecule has 6 heteroatoms. The van der Waals surface area contributed by atoms with E-state index in [1.165, 1.54) is 16.9 Å². The molecule has 5 nitrogen and oxygen atoms in total. The van der Waals surface area contributed by atoms with Crippen LogP contribution in [0.5, 0.6) is 0 Å². The van der Waals surface area contributed by atoms with Gasteiger partial charge in [-0.2, -0.15) is 0 Å². The van der Waals surface area contributed by atoms with Crippen molar-refractivity contribution in [3.8, 4) is 0 Å². The van der Waals surface area contributed by atoms with Crippen LogP contribution in [0.1, 0.15) is 29.6 Å². The molecule has 0 saturated carbocycles. The van der Waals surface area contributed by atoms with Gasteiger partial charge in [-0.1, -0.05) is 0 Å². The third-order valence-electron chi connectivity index (χ3n) is 3.93. The van der Waals surface area contributed by atoms with Gasteiger partial charge in [0.05, 0.1) is 5.39 Å². The second kappa shape index (κ2) is 3.66. The Morgan fingerprint density at radius 3 is 2.95 bits per heavy atom. The Balaban J connectivity index is 2.33. The number of rotatable bonds is 1. The van der Waals surface area contributed by atoms with Crippen molar-refractivity contribution >= 4 is 27.3 Å².